The van der Waals surface area contributed by atoms with Gasteiger partial charge in [-0.15, -0.1) is 0 Å². The smallest absolute Gasteiger partial charge is 0.245 e. The zero-order valence-electron chi connectivity index (χ0n) is 17.5. The van der Waals surface area contributed by atoms with Gasteiger partial charge in [0, 0.05) is 31.9 Å². The van der Waals surface area contributed by atoms with Crippen LogP contribution in [0.1, 0.15) is 25.0 Å². The molecule has 0 spiro atoms. The number of nitrogens with zero attached hydrogens (tertiary/aromatic N) is 5. The predicted octanol–water partition coefficient (Wildman–Crippen LogP) is 1.92. The van der Waals surface area contributed by atoms with Gasteiger partial charge in [0.1, 0.15) is 17.0 Å². The molecule has 1 N–H and O–H groups in total. The van der Waals surface area contributed by atoms with Crippen LogP contribution < -0.4 is 10.2 Å². The van der Waals surface area contributed by atoms with Crippen molar-refractivity contribution in [2.45, 2.75) is 43.3 Å². The van der Waals surface area contributed by atoms with Crippen LogP contribution >= 0.6 is 11.6 Å². The molecule has 4 heterocycles. The Kier molecular flexibility index (Phi) is 6.02. The molecule has 1 atom stereocenters. The lowest BCUT2D eigenvalue weighted by Crippen LogP contribution is -2.47. The number of nitrogens with one attached hydrogen (secondary N) is 1. The van der Waals surface area contributed by atoms with Crippen molar-refractivity contribution in [1.29, 1.82) is 0 Å². The van der Waals surface area contributed by atoms with Crippen molar-refractivity contribution in [1.82, 2.24) is 19.9 Å². The number of pyridine rings is 1. The molecule has 2 aliphatic heterocycles. The molecule has 1 unspecified atom stereocenters. The molecule has 0 saturated carbocycles. The van der Waals surface area contributed by atoms with Gasteiger partial charge in [-0.05, 0) is 38.3 Å². The van der Waals surface area contributed by atoms with Gasteiger partial charge in [0.25, 0.3) is 0 Å². The number of anilines is 2. The van der Waals surface area contributed by atoms with Crippen molar-refractivity contribution in [3.05, 3.63) is 35.4 Å². The van der Waals surface area contributed by atoms with Crippen LogP contribution in [-0.2, 0) is 14.6 Å². The SMILES string of the molecule is Cc1nc(S(C)(=O)=O)ccc1NC1CCN(C2CCN(c3cnc(Cl)cn3)CC2)C1=O. The van der Waals surface area contributed by atoms with E-state index in [9.17, 15) is 13.2 Å². The number of rotatable bonds is 5. The normalized spacial score (nSPS) is 20.4. The molecule has 4 rings (SSSR count). The summed E-state index contributed by atoms with van der Waals surface area (Å²) in [5.41, 5.74) is 1.25. The monoisotopic (exact) mass is 464 g/mol. The van der Waals surface area contributed by atoms with Gasteiger partial charge in [0.2, 0.25) is 5.91 Å². The first-order valence-corrected chi connectivity index (χ1v) is 12.5. The molecule has 2 aliphatic rings. The third kappa shape index (κ3) is 4.74. The van der Waals surface area contributed by atoms with Crippen LogP contribution in [0, 0.1) is 6.92 Å². The van der Waals surface area contributed by atoms with Crippen molar-refractivity contribution in [3.63, 3.8) is 0 Å². The molecule has 0 bridgehead atoms. The first-order valence-electron chi connectivity index (χ1n) is 10.2. The highest BCUT2D eigenvalue weighted by Crippen LogP contribution is 2.27. The first kappa shape index (κ1) is 21.8. The number of halogens is 1. The summed E-state index contributed by atoms with van der Waals surface area (Å²) in [6, 6.07) is 3.02. The third-order valence-electron chi connectivity index (χ3n) is 5.85. The minimum absolute atomic E-state index is 0.0343. The Balaban J connectivity index is 1.36. The number of carbonyl (C=O) groups excluding carboxylic acids is 1. The minimum Gasteiger partial charge on any atom is -0.372 e. The molecule has 31 heavy (non-hydrogen) atoms. The number of aryl methyl sites for hydroxylation is 1. The van der Waals surface area contributed by atoms with Gasteiger partial charge >= 0.3 is 0 Å². The van der Waals surface area contributed by atoms with Gasteiger partial charge in [-0.2, -0.15) is 0 Å². The lowest BCUT2D eigenvalue weighted by molar-refractivity contribution is -0.130. The van der Waals surface area contributed by atoms with Crippen LogP contribution in [0.5, 0.6) is 0 Å². The van der Waals surface area contributed by atoms with Crippen molar-refractivity contribution in [2.24, 2.45) is 0 Å². The van der Waals surface area contributed by atoms with Gasteiger partial charge in [-0.25, -0.2) is 23.4 Å². The van der Waals surface area contributed by atoms with Crippen LogP contribution in [0.4, 0.5) is 11.5 Å². The Morgan fingerprint density at radius 2 is 1.84 bits per heavy atom. The Morgan fingerprint density at radius 3 is 2.45 bits per heavy atom. The van der Waals surface area contributed by atoms with Crippen LogP contribution in [-0.4, -0.2) is 72.2 Å². The van der Waals surface area contributed by atoms with Crippen LogP contribution in [0.3, 0.4) is 0 Å². The van der Waals surface area contributed by atoms with Crippen molar-refractivity contribution in [2.75, 3.05) is 36.1 Å². The van der Waals surface area contributed by atoms with E-state index in [2.05, 4.69) is 25.2 Å². The van der Waals surface area contributed by atoms with E-state index in [1.54, 1.807) is 25.4 Å². The Labute approximate surface area is 186 Å². The molecule has 2 saturated heterocycles. The lowest BCUT2D eigenvalue weighted by atomic mass is 10.0. The molecule has 2 aromatic heterocycles. The summed E-state index contributed by atoms with van der Waals surface area (Å²) in [6.07, 6.45) is 6.79. The van der Waals surface area contributed by atoms with Gasteiger partial charge in [-0.1, -0.05) is 11.6 Å². The number of hydrogen-bond acceptors (Lipinski definition) is 8. The van der Waals surface area contributed by atoms with E-state index in [4.69, 9.17) is 11.6 Å². The summed E-state index contributed by atoms with van der Waals surface area (Å²) in [5.74, 6) is 0.881. The Bertz CT molecular complexity index is 1070. The number of piperidine rings is 1. The molecule has 2 fully saturated rings. The third-order valence-corrected chi connectivity index (χ3v) is 7.03. The Morgan fingerprint density at radius 1 is 1.10 bits per heavy atom. The molecule has 2 aromatic rings. The van der Waals surface area contributed by atoms with E-state index >= 15 is 0 Å². The van der Waals surface area contributed by atoms with E-state index in [0.29, 0.717) is 29.5 Å². The fourth-order valence-corrected chi connectivity index (χ4v) is 4.87. The van der Waals surface area contributed by atoms with Crippen molar-refractivity contribution in [3.8, 4) is 0 Å². The number of sulfone groups is 1. The second-order valence-electron chi connectivity index (χ2n) is 7.99. The molecule has 1 amide bonds. The largest absolute Gasteiger partial charge is 0.372 e. The van der Waals surface area contributed by atoms with Gasteiger partial charge in [0.15, 0.2) is 14.9 Å². The maximum atomic E-state index is 13.0. The van der Waals surface area contributed by atoms with E-state index in [-0.39, 0.29) is 23.0 Å². The molecule has 0 aromatic carbocycles. The highest BCUT2D eigenvalue weighted by molar-refractivity contribution is 7.90. The van der Waals surface area contributed by atoms with Crippen LogP contribution in [0.25, 0.3) is 0 Å². The lowest BCUT2D eigenvalue weighted by Gasteiger charge is -2.37. The fourth-order valence-electron chi connectivity index (χ4n) is 4.16. The molecular weight excluding hydrogens is 440 g/mol. The molecule has 166 valence electrons. The van der Waals surface area contributed by atoms with Crippen molar-refractivity contribution < 1.29 is 13.2 Å². The molecule has 11 heteroatoms. The summed E-state index contributed by atoms with van der Waals surface area (Å²) in [4.78, 5) is 29.7. The highest BCUT2D eigenvalue weighted by Gasteiger charge is 2.37. The van der Waals surface area contributed by atoms with Gasteiger partial charge in [-0.3, -0.25) is 4.79 Å². The van der Waals surface area contributed by atoms with Crippen LogP contribution in [0.15, 0.2) is 29.6 Å². The number of amides is 1. The molecular formula is C20H25ClN6O3S. The molecule has 0 aliphatic carbocycles. The van der Waals surface area contributed by atoms with E-state index < -0.39 is 9.84 Å². The van der Waals surface area contributed by atoms with Crippen molar-refractivity contribution >= 4 is 38.9 Å². The fraction of sp³-hybridized carbons (Fsp3) is 0.500. The van der Waals surface area contributed by atoms with E-state index in [1.165, 1.54) is 6.07 Å². The number of hydrogen-bond donors (Lipinski definition) is 1. The first-order chi connectivity index (χ1) is 14.7. The number of likely N-dealkylation sites (tertiary alicyclic amines) is 1. The number of carbonyl (C=O) groups is 1. The predicted molar refractivity (Wildman–Crippen MR) is 118 cm³/mol. The molecule has 9 nitrogen and oxygen atoms in total. The quantitative estimate of drug-likeness (QED) is 0.714. The Hall–Kier alpha value is -2.46. The topological polar surface area (TPSA) is 108 Å². The second kappa shape index (κ2) is 8.58. The maximum Gasteiger partial charge on any atom is 0.245 e. The summed E-state index contributed by atoms with van der Waals surface area (Å²) in [6.45, 7) is 4.05. The summed E-state index contributed by atoms with van der Waals surface area (Å²) in [5, 5.41) is 3.66. The van der Waals surface area contributed by atoms with E-state index in [1.807, 2.05) is 4.90 Å². The van der Waals surface area contributed by atoms with E-state index in [0.717, 1.165) is 38.0 Å². The number of aromatic nitrogens is 3. The maximum absolute atomic E-state index is 13.0. The van der Waals surface area contributed by atoms with Gasteiger partial charge < -0.3 is 15.1 Å². The summed E-state index contributed by atoms with van der Waals surface area (Å²) >= 11 is 5.81. The zero-order valence-corrected chi connectivity index (χ0v) is 19.0. The average Bonchev–Trinajstić information content (AvgIpc) is 3.10. The van der Waals surface area contributed by atoms with Gasteiger partial charge in [0.05, 0.1) is 23.8 Å². The molecule has 0 radical (unpaired) electrons. The average molecular weight is 465 g/mol. The standard InChI is InChI=1S/C20H25ClN6O3S/c1-13-15(3-4-19(24-13)31(2,29)30)25-16-7-10-27(20(16)28)14-5-8-26(9-6-14)18-12-22-17(21)11-23-18/h3-4,11-12,14,16,25H,5-10H2,1-2H3. The highest BCUT2D eigenvalue weighted by atomic mass is 35.5. The zero-order chi connectivity index (χ0) is 22.2. The second-order valence-corrected chi connectivity index (χ2v) is 10.3. The summed E-state index contributed by atoms with van der Waals surface area (Å²) in [7, 11) is -3.36. The summed E-state index contributed by atoms with van der Waals surface area (Å²) < 4.78 is 23.4. The minimum atomic E-state index is -3.36. The van der Waals surface area contributed by atoms with Crippen LogP contribution in [0.2, 0.25) is 5.15 Å².